The van der Waals surface area contributed by atoms with Crippen molar-refractivity contribution in [3.05, 3.63) is 59.8 Å². The van der Waals surface area contributed by atoms with Gasteiger partial charge in [-0.25, -0.2) is 0 Å². The summed E-state index contributed by atoms with van der Waals surface area (Å²) in [6, 6.07) is 0. The second-order valence-corrected chi connectivity index (χ2v) is 3.34. The van der Waals surface area contributed by atoms with Crippen molar-refractivity contribution in [2.24, 2.45) is 0 Å². The van der Waals surface area contributed by atoms with Crippen LogP contribution in [0.5, 0.6) is 0 Å². The highest BCUT2D eigenvalue weighted by molar-refractivity contribution is 5.34. The van der Waals surface area contributed by atoms with Gasteiger partial charge in [-0.15, -0.1) is 0 Å². The molecule has 0 bridgehead atoms. The van der Waals surface area contributed by atoms with Crippen molar-refractivity contribution in [2.45, 2.75) is 27.7 Å². The Kier molecular flexibility index (Phi) is 6.47. The molecule has 0 fully saturated rings. The van der Waals surface area contributed by atoms with E-state index in [1.165, 1.54) is 16.7 Å². The van der Waals surface area contributed by atoms with E-state index in [-0.39, 0.29) is 0 Å². The van der Waals surface area contributed by atoms with Crippen LogP contribution in [0.1, 0.15) is 27.7 Å². The fourth-order valence-corrected chi connectivity index (χ4v) is 0.828. The molecule has 0 atom stereocenters. The zero-order chi connectivity index (χ0) is 11.0. The zero-order valence-electron chi connectivity index (χ0n) is 9.67. The Morgan fingerprint density at radius 1 is 0.929 bits per heavy atom. The van der Waals surface area contributed by atoms with Crippen LogP contribution in [-0.2, 0) is 0 Å². The van der Waals surface area contributed by atoms with E-state index in [9.17, 15) is 0 Å². The van der Waals surface area contributed by atoms with Gasteiger partial charge in [0.05, 0.1) is 0 Å². The molecule has 0 radical (unpaired) electrons. The Hall–Kier alpha value is -1.30. The van der Waals surface area contributed by atoms with E-state index in [0.717, 1.165) is 0 Å². The van der Waals surface area contributed by atoms with Crippen LogP contribution in [0.2, 0.25) is 0 Å². The molecule has 0 unspecified atom stereocenters. The van der Waals surface area contributed by atoms with Crippen molar-refractivity contribution < 1.29 is 0 Å². The van der Waals surface area contributed by atoms with Crippen molar-refractivity contribution >= 4 is 0 Å². The molecule has 0 amide bonds. The summed E-state index contributed by atoms with van der Waals surface area (Å²) in [6.45, 7) is 12.0. The monoisotopic (exact) mass is 188 g/mol. The van der Waals surface area contributed by atoms with Crippen LogP contribution in [0, 0.1) is 0 Å². The van der Waals surface area contributed by atoms with E-state index in [0.29, 0.717) is 0 Å². The van der Waals surface area contributed by atoms with Gasteiger partial charge in [0.15, 0.2) is 0 Å². The van der Waals surface area contributed by atoms with Gasteiger partial charge in [0.1, 0.15) is 0 Å². The van der Waals surface area contributed by atoms with Crippen LogP contribution in [0.15, 0.2) is 59.8 Å². The summed E-state index contributed by atoms with van der Waals surface area (Å²) in [7, 11) is 0. The van der Waals surface area contributed by atoms with Crippen LogP contribution in [0.4, 0.5) is 0 Å². The van der Waals surface area contributed by atoms with Crippen LogP contribution >= 0.6 is 0 Å². The third kappa shape index (κ3) is 5.36. The van der Waals surface area contributed by atoms with E-state index in [1.54, 1.807) is 0 Å². The molecule has 0 aliphatic heterocycles. The normalized spacial score (nSPS) is 15.0. The summed E-state index contributed by atoms with van der Waals surface area (Å²) in [5.41, 5.74) is 3.75. The molecule has 0 spiro atoms. The molecule has 0 rings (SSSR count). The average Bonchev–Trinajstić information content (AvgIpc) is 2.21. The van der Waals surface area contributed by atoms with Crippen molar-refractivity contribution in [3.63, 3.8) is 0 Å². The van der Waals surface area contributed by atoms with Crippen molar-refractivity contribution in [1.29, 1.82) is 0 Å². The first-order valence-corrected chi connectivity index (χ1v) is 4.89. The van der Waals surface area contributed by atoms with Crippen LogP contribution in [0.3, 0.4) is 0 Å². The van der Waals surface area contributed by atoms with Gasteiger partial charge in [0, 0.05) is 0 Å². The summed E-state index contributed by atoms with van der Waals surface area (Å²) in [4.78, 5) is 0. The Labute approximate surface area is 88.0 Å². The van der Waals surface area contributed by atoms with Gasteiger partial charge in [-0.3, -0.25) is 0 Å². The molecular weight excluding hydrogens is 168 g/mol. The molecule has 0 heteroatoms. The maximum atomic E-state index is 3.71. The molecule has 0 aliphatic carbocycles. The predicted octanol–water partition coefficient (Wildman–Crippen LogP) is 4.59. The van der Waals surface area contributed by atoms with Gasteiger partial charge >= 0.3 is 0 Å². The van der Waals surface area contributed by atoms with Crippen molar-refractivity contribution in [3.8, 4) is 0 Å². The second kappa shape index (κ2) is 7.14. The summed E-state index contributed by atoms with van der Waals surface area (Å²) >= 11 is 0. The van der Waals surface area contributed by atoms with Gasteiger partial charge in [-0.05, 0) is 38.8 Å². The first-order valence-electron chi connectivity index (χ1n) is 4.89. The highest BCUT2D eigenvalue weighted by atomic mass is 13.9. The first-order chi connectivity index (χ1) is 6.61. The van der Waals surface area contributed by atoms with E-state index in [1.807, 2.05) is 26.0 Å². The van der Waals surface area contributed by atoms with Crippen molar-refractivity contribution in [1.82, 2.24) is 0 Å². The Balaban J connectivity index is 4.61. The summed E-state index contributed by atoms with van der Waals surface area (Å²) < 4.78 is 0. The molecule has 0 N–H and O–H groups in total. The average molecular weight is 188 g/mol. The minimum atomic E-state index is 1.18. The Bertz CT molecular complexity index is 296. The lowest BCUT2D eigenvalue weighted by atomic mass is 10.1. The Morgan fingerprint density at radius 2 is 1.50 bits per heavy atom. The standard InChI is InChI=1S/C14H20/c1-6-8-9-13(4)14(5)11-10-12(3)7-2/h6-11H,2H2,1,3-5H3/b8-6-,12-10+,13-9+,14-11+. The molecule has 0 saturated carbocycles. The first kappa shape index (κ1) is 12.7. The van der Waals surface area contributed by atoms with Gasteiger partial charge in [0.2, 0.25) is 0 Å². The predicted molar refractivity (Wildman–Crippen MR) is 66.3 cm³/mol. The highest BCUT2D eigenvalue weighted by Gasteiger charge is 1.88. The maximum Gasteiger partial charge on any atom is -0.0395 e. The molecule has 0 heterocycles. The number of rotatable bonds is 4. The molecule has 14 heavy (non-hydrogen) atoms. The molecule has 0 nitrogen and oxygen atoms in total. The fourth-order valence-electron chi connectivity index (χ4n) is 0.828. The van der Waals surface area contributed by atoms with E-state index < -0.39 is 0 Å². The molecular formula is C14H20. The minimum absolute atomic E-state index is 1.18. The zero-order valence-corrected chi connectivity index (χ0v) is 9.67. The highest BCUT2D eigenvalue weighted by Crippen LogP contribution is 2.09. The van der Waals surface area contributed by atoms with Crippen LogP contribution in [-0.4, -0.2) is 0 Å². The summed E-state index contributed by atoms with van der Waals surface area (Å²) in [5.74, 6) is 0. The lowest BCUT2D eigenvalue weighted by Crippen LogP contribution is -1.77. The van der Waals surface area contributed by atoms with Gasteiger partial charge in [-0.2, -0.15) is 0 Å². The van der Waals surface area contributed by atoms with Crippen LogP contribution in [0.25, 0.3) is 0 Å². The number of allylic oxidation sites excluding steroid dienone is 9. The second-order valence-electron chi connectivity index (χ2n) is 3.34. The molecule has 0 aromatic heterocycles. The van der Waals surface area contributed by atoms with Crippen molar-refractivity contribution in [2.75, 3.05) is 0 Å². The van der Waals surface area contributed by atoms with Gasteiger partial charge in [-0.1, -0.05) is 48.6 Å². The summed E-state index contributed by atoms with van der Waals surface area (Å²) in [6.07, 6.45) is 12.2. The van der Waals surface area contributed by atoms with Gasteiger partial charge < -0.3 is 0 Å². The number of hydrogen-bond donors (Lipinski definition) is 0. The molecule has 0 saturated heterocycles. The van der Waals surface area contributed by atoms with E-state index >= 15 is 0 Å². The quantitative estimate of drug-likeness (QED) is 0.566. The van der Waals surface area contributed by atoms with Crippen LogP contribution < -0.4 is 0 Å². The SMILES string of the molecule is C=C/C(C)=C/C=C(C)/C(C)=C/C=C\C. The Morgan fingerprint density at radius 3 is 2.00 bits per heavy atom. The third-order valence-corrected chi connectivity index (χ3v) is 2.08. The summed E-state index contributed by atoms with van der Waals surface area (Å²) in [5, 5.41) is 0. The third-order valence-electron chi connectivity index (χ3n) is 2.08. The van der Waals surface area contributed by atoms with E-state index in [4.69, 9.17) is 0 Å². The topological polar surface area (TPSA) is 0 Å². The van der Waals surface area contributed by atoms with Gasteiger partial charge in [0.25, 0.3) is 0 Å². The minimum Gasteiger partial charge on any atom is -0.0988 e. The number of hydrogen-bond acceptors (Lipinski definition) is 0. The lowest BCUT2D eigenvalue weighted by Gasteiger charge is -1.98. The fraction of sp³-hybridized carbons (Fsp3) is 0.286. The maximum absolute atomic E-state index is 3.71. The lowest BCUT2D eigenvalue weighted by molar-refractivity contribution is 1.34. The molecule has 0 aromatic rings. The molecule has 76 valence electrons. The molecule has 0 aliphatic rings. The largest absolute Gasteiger partial charge is 0.0988 e. The van der Waals surface area contributed by atoms with E-state index in [2.05, 4.69) is 44.7 Å². The smallest absolute Gasteiger partial charge is 0.0395 e. The molecule has 0 aromatic carbocycles.